The minimum absolute atomic E-state index is 0.655. The van der Waals surface area contributed by atoms with Crippen molar-refractivity contribution in [2.45, 2.75) is 46.6 Å². The van der Waals surface area contributed by atoms with Crippen molar-refractivity contribution in [2.24, 2.45) is 0 Å². The molecule has 0 aliphatic rings. The Bertz CT molecular complexity index is 294. The molecule has 0 radical (unpaired) electrons. The summed E-state index contributed by atoms with van der Waals surface area (Å²) in [5.74, 6) is 0.672. The van der Waals surface area contributed by atoms with Crippen molar-refractivity contribution in [2.75, 3.05) is 24.5 Å². The van der Waals surface area contributed by atoms with Gasteiger partial charge < -0.3 is 14.6 Å². The molecule has 0 fully saturated rings. The second-order valence-electron chi connectivity index (χ2n) is 4.14. The molecule has 5 nitrogen and oxygen atoms in total. The molecule has 0 unspecified atom stereocenters. The first-order chi connectivity index (χ1) is 8.31. The highest BCUT2D eigenvalue weighted by molar-refractivity contribution is 5.23. The lowest BCUT2D eigenvalue weighted by molar-refractivity contribution is 0.459. The molecule has 1 rings (SSSR count). The van der Waals surface area contributed by atoms with Crippen molar-refractivity contribution < 1.29 is 4.42 Å². The smallest absolute Gasteiger partial charge is 0.318 e. The molecule has 0 atom stereocenters. The van der Waals surface area contributed by atoms with Crippen molar-refractivity contribution in [1.29, 1.82) is 0 Å². The molecule has 0 amide bonds. The normalized spacial score (nSPS) is 10.8. The Labute approximate surface area is 104 Å². The summed E-state index contributed by atoms with van der Waals surface area (Å²) in [5, 5.41) is 11.4. The Kier molecular flexibility index (Phi) is 6.62. The van der Waals surface area contributed by atoms with Crippen molar-refractivity contribution in [1.82, 2.24) is 15.5 Å². The Morgan fingerprint density at radius 1 is 1.06 bits per heavy atom. The van der Waals surface area contributed by atoms with Gasteiger partial charge in [-0.25, -0.2) is 0 Å². The molecular weight excluding hydrogens is 216 g/mol. The zero-order chi connectivity index (χ0) is 12.5. The number of nitrogens with zero attached hydrogens (tertiary/aromatic N) is 3. The molecule has 5 heteroatoms. The average molecular weight is 240 g/mol. The highest BCUT2D eigenvalue weighted by atomic mass is 16.4. The lowest BCUT2D eigenvalue weighted by Gasteiger charge is -2.17. The van der Waals surface area contributed by atoms with E-state index in [2.05, 4.69) is 41.2 Å². The maximum absolute atomic E-state index is 5.64. The quantitative estimate of drug-likeness (QED) is 0.671. The lowest BCUT2D eigenvalue weighted by atomic mass is 10.4. The number of anilines is 1. The molecule has 0 spiro atoms. The molecule has 0 aliphatic carbocycles. The molecule has 0 saturated carbocycles. The lowest BCUT2D eigenvalue weighted by Crippen LogP contribution is -2.25. The van der Waals surface area contributed by atoms with Crippen LogP contribution in [0.5, 0.6) is 0 Å². The van der Waals surface area contributed by atoms with Crippen LogP contribution in [0.1, 0.15) is 45.9 Å². The van der Waals surface area contributed by atoms with E-state index < -0.39 is 0 Å². The van der Waals surface area contributed by atoms with Crippen LogP contribution in [0.25, 0.3) is 0 Å². The summed E-state index contributed by atoms with van der Waals surface area (Å²) in [4.78, 5) is 2.15. The Balaban J connectivity index is 2.51. The number of hydrogen-bond acceptors (Lipinski definition) is 5. The first-order valence-electron chi connectivity index (χ1n) is 6.59. The third-order valence-corrected chi connectivity index (χ3v) is 2.42. The SMILES string of the molecule is CCCNCc1nnc(N(CCC)CCC)o1. The standard InChI is InChI=1S/C12H24N4O/c1-4-7-13-10-11-14-15-12(17-11)16(8-5-2)9-6-3/h13H,4-10H2,1-3H3. The van der Waals surface area contributed by atoms with Crippen LogP contribution in [0.2, 0.25) is 0 Å². The van der Waals surface area contributed by atoms with Gasteiger partial charge in [-0.05, 0) is 25.8 Å². The summed E-state index contributed by atoms with van der Waals surface area (Å²) >= 11 is 0. The molecule has 0 aliphatic heterocycles. The second-order valence-corrected chi connectivity index (χ2v) is 4.14. The van der Waals surface area contributed by atoms with Gasteiger partial charge in [-0.2, -0.15) is 0 Å². The molecule has 0 saturated heterocycles. The maximum Gasteiger partial charge on any atom is 0.318 e. The van der Waals surface area contributed by atoms with Crippen molar-refractivity contribution in [3.05, 3.63) is 5.89 Å². The van der Waals surface area contributed by atoms with E-state index in [4.69, 9.17) is 4.42 Å². The topological polar surface area (TPSA) is 54.2 Å². The zero-order valence-corrected chi connectivity index (χ0v) is 11.2. The third-order valence-electron chi connectivity index (χ3n) is 2.42. The van der Waals surface area contributed by atoms with Crippen LogP contribution in [0, 0.1) is 0 Å². The predicted molar refractivity (Wildman–Crippen MR) is 69.1 cm³/mol. The molecule has 1 aromatic rings. The highest BCUT2D eigenvalue weighted by Gasteiger charge is 2.12. The summed E-state index contributed by atoms with van der Waals surface area (Å²) in [7, 11) is 0. The van der Waals surface area contributed by atoms with E-state index in [1.54, 1.807) is 0 Å². The van der Waals surface area contributed by atoms with Crippen LogP contribution in [0.4, 0.5) is 6.01 Å². The summed E-state index contributed by atoms with van der Waals surface area (Å²) in [6.45, 7) is 10.0. The molecule has 17 heavy (non-hydrogen) atoms. The van der Waals surface area contributed by atoms with Crippen LogP contribution < -0.4 is 10.2 Å². The number of aromatic nitrogens is 2. The maximum atomic E-state index is 5.64. The van der Waals surface area contributed by atoms with Crippen molar-refractivity contribution in [3.63, 3.8) is 0 Å². The van der Waals surface area contributed by atoms with E-state index in [0.717, 1.165) is 38.9 Å². The summed E-state index contributed by atoms with van der Waals surface area (Å²) in [5.41, 5.74) is 0. The largest absolute Gasteiger partial charge is 0.407 e. The monoisotopic (exact) mass is 240 g/mol. The van der Waals surface area contributed by atoms with Gasteiger partial charge in [0.1, 0.15) is 0 Å². The van der Waals surface area contributed by atoms with E-state index in [0.29, 0.717) is 18.5 Å². The average Bonchev–Trinajstić information content (AvgIpc) is 2.78. The summed E-state index contributed by atoms with van der Waals surface area (Å²) < 4.78 is 5.64. The van der Waals surface area contributed by atoms with E-state index in [1.807, 2.05) is 0 Å². The Morgan fingerprint density at radius 2 is 1.76 bits per heavy atom. The van der Waals surface area contributed by atoms with Gasteiger partial charge in [0, 0.05) is 13.1 Å². The van der Waals surface area contributed by atoms with E-state index in [1.165, 1.54) is 0 Å². The number of hydrogen-bond donors (Lipinski definition) is 1. The molecular formula is C12H24N4O. The van der Waals surface area contributed by atoms with Crippen LogP contribution in [-0.4, -0.2) is 29.8 Å². The van der Waals surface area contributed by atoms with Gasteiger partial charge in [-0.3, -0.25) is 0 Å². The summed E-state index contributed by atoms with van der Waals surface area (Å²) in [6, 6.07) is 0.655. The van der Waals surface area contributed by atoms with Crippen LogP contribution in [0.3, 0.4) is 0 Å². The minimum atomic E-state index is 0.655. The molecule has 1 N–H and O–H groups in total. The molecule has 0 aromatic carbocycles. The van der Waals surface area contributed by atoms with Gasteiger partial charge in [-0.15, -0.1) is 5.10 Å². The van der Waals surface area contributed by atoms with Gasteiger partial charge in [0.25, 0.3) is 0 Å². The third kappa shape index (κ3) is 4.73. The fourth-order valence-electron chi connectivity index (χ4n) is 1.66. The van der Waals surface area contributed by atoms with Gasteiger partial charge in [0.2, 0.25) is 5.89 Å². The number of nitrogens with one attached hydrogen (secondary N) is 1. The highest BCUT2D eigenvalue weighted by Crippen LogP contribution is 2.12. The van der Waals surface area contributed by atoms with Gasteiger partial charge >= 0.3 is 6.01 Å². The Morgan fingerprint density at radius 3 is 2.35 bits per heavy atom. The van der Waals surface area contributed by atoms with Gasteiger partial charge in [-0.1, -0.05) is 25.9 Å². The molecule has 0 bridgehead atoms. The number of rotatable bonds is 9. The van der Waals surface area contributed by atoms with E-state index in [9.17, 15) is 0 Å². The van der Waals surface area contributed by atoms with Gasteiger partial charge in [0.05, 0.1) is 6.54 Å². The zero-order valence-electron chi connectivity index (χ0n) is 11.2. The first kappa shape index (κ1) is 14.0. The van der Waals surface area contributed by atoms with Crippen molar-refractivity contribution >= 4 is 6.01 Å². The first-order valence-corrected chi connectivity index (χ1v) is 6.59. The van der Waals surface area contributed by atoms with E-state index in [-0.39, 0.29) is 0 Å². The minimum Gasteiger partial charge on any atom is -0.407 e. The predicted octanol–water partition coefficient (Wildman–Crippen LogP) is 2.20. The summed E-state index contributed by atoms with van der Waals surface area (Å²) in [6.07, 6.45) is 3.29. The van der Waals surface area contributed by atoms with Crippen molar-refractivity contribution in [3.8, 4) is 0 Å². The van der Waals surface area contributed by atoms with Crippen LogP contribution >= 0.6 is 0 Å². The van der Waals surface area contributed by atoms with E-state index >= 15 is 0 Å². The molecule has 1 aromatic heterocycles. The Hall–Kier alpha value is -1.10. The molecule has 98 valence electrons. The second kappa shape index (κ2) is 8.06. The fraction of sp³-hybridized carbons (Fsp3) is 0.833. The van der Waals surface area contributed by atoms with Gasteiger partial charge in [0.15, 0.2) is 0 Å². The van der Waals surface area contributed by atoms with Crippen LogP contribution in [-0.2, 0) is 6.54 Å². The molecule has 1 heterocycles. The fourth-order valence-corrected chi connectivity index (χ4v) is 1.66. The van der Waals surface area contributed by atoms with Crippen LogP contribution in [0.15, 0.2) is 4.42 Å².